The van der Waals surface area contributed by atoms with Gasteiger partial charge < -0.3 is 14.7 Å². The van der Waals surface area contributed by atoms with Gasteiger partial charge in [-0.15, -0.1) is 10.2 Å². The molecule has 2 atom stereocenters. The van der Waals surface area contributed by atoms with Crippen LogP contribution in [0.4, 0.5) is 18.9 Å². The summed E-state index contributed by atoms with van der Waals surface area (Å²) in [7, 11) is 1.58. The number of hydrogen-bond acceptors (Lipinski definition) is 9. The van der Waals surface area contributed by atoms with E-state index in [-0.39, 0.29) is 24.5 Å². The van der Waals surface area contributed by atoms with Crippen LogP contribution in [-0.4, -0.2) is 67.6 Å². The number of anilines is 1. The van der Waals surface area contributed by atoms with E-state index in [9.17, 15) is 9.50 Å². The third-order valence-electron chi connectivity index (χ3n) is 5.11. The molecule has 4 rings (SSSR count). The van der Waals surface area contributed by atoms with Gasteiger partial charge in [-0.1, -0.05) is 12.1 Å². The number of aliphatic hydroxyl groups is 1. The number of benzene rings is 1. The predicted octanol–water partition coefficient (Wildman–Crippen LogP) is 2.29. The number of pyridine rings is 1. The number of aromatic nitrogens is 5. The first kappa shape index (κ1) is 23.3. The summed E-state index contributed by atoms with van der Waals surface area (Å²) in [5.74, 6) is -3.54. The minimum atomic E-state index is -1.60. The maximum atomic E-state index is 15.0. The molecule has 13 heteroatoms. The molecule has 1 aliphatic heterocycles. The van der Waals surface area contributed by atoms with Crippen molar-refractivity contribution in [2.45, 2.75) is 19.4 Å². The molecule has 178 valence electrons. The van der Waals surface area contributed by atoms with Gasteiger partial charge in [-0.25, -0.2) is 13.2 Å². The van der Waals surface area contributed by atoms with E-state index in [0.717, 1.165) is 11.0 Å². The predicted molar refractivity (Wildman–Crippen MR) is 117 cm³/mol. The van der Waals surface area contributed by atoms with Crippen LogP contribution in [0.1, 0.15) is 6.92 Å². The van der Waals surface area contributed by atoms with Gasteiger partial charge in [-0.05, 0) is 18.2 Å². The number of tetrazole rings is 1. The Morgan fingerprint density at radius 3 is 2.74 bits per heavy atom. The van der Waals surface area contributed by atoms with Crippen LogP contribution < -0.4 is 4.90 Å². The van der Waals surface area contributed by atoms with Crippen LogP contribution in [0.25, 0.3) is 22.6 Å². The number of hydrazone groups is 1. The first-order valence-electron chi connectivity index (χ1n) is 10.2. The Bertz CT molecular complexity index is 1220. The molecule has 0 aliphatic carbocycles. The average Bonchev–Trinajstić information content (AvgIpc) is 3.41. The largest absolute Gasteiger partial charge is 0.351 e. The average molecular weight is 474 g/mol. The van der Waals surface area contributed by atoms with Crippen molar-refractivity contribution in [1.29, 1.82) is 0 Å². The lowest BCUT2D eigenvalue weighted by Gasteiger charge is -2.22. The number of rotatable bonds is 7. The lowest BCUT2D eigenvalue weighted by atomic mass is 10.0. The van der Waals surface area contributed by atoms with Gasteiger partial charge in [0.15, 0.2) is 11.6 Å². The number of allylic oxidation sites excluding steroid dienone is 1. The molecule has 1 N–H and O–H groups in total. The SMILES string of the molecule is C=NN(/C=C\C)C[C@H]1CN(c2cc(F)c(-c3ccc(-c4nnn(C)n4)nc3)c(F)c2F)C(O)O1. The molecular formula is C21H21F3N8O2. The molecule has 34 heavy (non-hydrogen) atoms. The molecule has 1 fully saturated rings. The minimum Gasteiger partial charge on any atom is -0.351 e. The Kier molecular flexibility index (Phi) is 6.56. The normalized spacial score (nSPS) is 18.1. The van der Waals surface area contributed by atoms with E-state index in [1.54, 1.807) is 26.2 Å². The highest BCUT2D eigenvalue weighted by atomic mass is 19.2. The van der Waals surface area contributed by atoms with Gasteiger partial charge in [0.25, 0.3) is 0 Å². The minimum absolute atomic E-state index is 0.0169. The summed E-state index contributed by atoms with van der Waals surface area (Å²) in [5.41, 5.74) is -0.706. The fourth-order valence-corrected chi connectivity index (χ4v) is 3.58. The topological polar surface area (TPSA) is 105 Å². The van der Waals surface area contributed by atoms with Crippen molar-refractivity contribution in [3.63, 3.8) is 0 Å². The lowest BCUT2D eigenvalue weighted by Crippen LogP contribution is -2.32. The monoisotopic (exact) mass is 474 g/mol. The Morgan fingerprint density at radius 1 is 1.32 bits per heavy atom. The van der Waals surface area contributed by atoms with Gasteiger partial charge in [-0.2, -0.15) is 9.90 Å². The molecule has 1 saturated heterocycles. The van der Waals surface area contributed by atoms with Crippen molar-refractivity contribution in [3.05, 3.63) is 54.1 Å². The zero-order valence-electron chi connectivity index (χ0n) is 18.3. The van der Waals surface area contributed by atoms with Gasteiger partial charge in [0.1, 0.15) is 11.5 Å². The molecule has 3 aromatic rings. The molecule has 0 radical (unpaired) electrons. The van der Waals surface area contributed by atoms with Crippen LogP contribution in [0.3, 0.4) is 0 Å². The number of aryl methyl sites for hydroxylation is 1. The quantitative estimate of drug-likeness (QED) is 0.316. The molecule has 10 nitrogen and oxygen atoms in total. The van der Waals surface area contributed by atoms with E-state index < -0.39 is 41.2 Å². The van der Waals surface area contributed by atoms with Crippen LogP contribution in [0.15, 0.2) is 41.8 Å². The summed E-state index contributed by atoms with van der Waals surface area (Å²) in [4.78, 5) is 6.37. The van der Waals surface area contributed by atoms with Gasteiger partial charge in [0, 0.05) is 30.7 Å². The number of hydrogen-bond donors (Lipinski definition) is 1. The highest BCUT2D eigenvalue weighted by molar-refractivity contribution is 5.69. The number of aliphatic hydroxyl groups excluding tert-OH is 1. The van der Waals surface area contributed by atoms with E-state index >= 15 is 8.78 Å². The highest BCUT2D eigenvalue weighted by Gasteiger charge is 2.36. The van der Waals surface area contributed by atoms with E-state index in [4.69, 9.17) is 4.74 Å². The summed E-state index contributed by atoms with van der Waals surface area (Å²) in [6.07, 6.45) is 2.34. The summed E-state index contributed by atoms with van der Waals surface area (Å²) < 4.78 is 50.4. The van der Waals surface area contributed by atoms with Crippen molar-refractivity contribution in [2.24, 2.45) is 12.1 Å². The van der Waals surface area contributed by atoms with E-state index in [2.05, 4.69) is 32.2 Å². The Balaban J connectivity index is 1.60. The van der Waals surface area contributed by atoms with Gasteiger partial charge in [-0.3, -0.25) is 9.99 Å². The highest BCUT2D eigenvalue weighted by Crippen LogP contribution is 2.35. The molecule has 1 aromatic carbocycles. The smallest absolute Gasteiger partial charge is 0.238 e. The first-order chi connectivity index (χ1) is 16.3. The maximum absolute atomic E-state index is 15.0. The Labute approximate surface area is 192 Å². The lowest BCUT2D eigenvalue weighted by molar-refractivity contribution is -0.0922. The number of ether oxygens (including phenoxy) is 1. The fourth-order valence-electron chi connectivity index (χ4n) is 3.58. The molecule has 2 aromatic heterocycles. The standard InChI is InChI=1S/C21H21F3N8O2/c1-4-7-31(25-2)10-13-11-32(21(33)34-13)16-8-14(22)17(19(24)18(16)23)12-5-6-15(26-9-12)20-27-29-30(3)28-20/h4-9,13,21,33H,2,10-11H2,1,3H3/b7-4-/t13-,21?/m0/s1. The van der Waals surface area contributed by atoms with Crippen LogP contribution in [0.5, 0.6) is 0 Å². The van der Waals surface area contributed by atoms with Crippen LogP contribution in [0, 0.1) is 17.5 Å². The molecule has 0 spiro atoms. The van der Waals surface area contributed by atoms with Crippen molar-refractivity contribution >= 4 is 12.4 Å². The van der Waals surface area contributed by atoms with Gasteiger partial charge in [0.2, 0.25) is 12.2 Å². The Morgan fingerprint density at radius 2 is 2.12 bits per heavy atom. The zero-order chi connectivity index (χ0) is 24.4. The van der Waals surface area contributed by atoms with E-state index in [0.29, 0.717) is 5.69 Å². The maximum Gasteiger partial charge on any atom is 0.238 e. The van der Waals surface area contributed by atoms with Crippen molar-refractivity contribution < 1.29 is 23.0 Å². The number of halogens is 3. The summed E-state index contributed by atoms with van der Waals surface area (Å²) in [5, 5.41) is 27.0. The molecule has 3 heterocycles. The second-order valence-corrected chi connectivity index (χ2v) is 7.40. The fraction of sp³-hybridized carbons (Fsp3) is 0.286. The summed E-state index contributed by atoms with van der Waals surface area (Å²) in [6, 6.07) is 3.64. The van der Waals surface area contributed by atoms with Gasteiger partial charge in [0.05, 0.1) is 37.5 Å². The first-order valence-corrected chi connectivity index (χ1v) is 10.2. The summed E-state index contributed by atoms with van der Waals surface area (Å²) in [6.45, 7) is 5.39. The Hall–Kier alpha value is -3.84. The molecule has 1 unspecified atom stereocenters. The molecule has 0 saturated carbocycles. The van der Waals surface area contributed by atoms with Crippen LogP contribution >= 0.6 is 0 Å². The third-order valence-corrected chi connectivity index (χ3v) is 5.11. The molecule has 1 aliphatic rings. The van der Waals surface area contributed by atoms with Crippen molar-refractivity contribution in [3.8, 4) is 22.6 Å². The number of nitrogens with zero attached hydrogens (tertiary/aromatic N) is 8. The molecule has 0 bridgehead atoms. The van der Waals surface area contributed by atoms with Crippen molar-refractivity contribution in [2.75, 3.05) is 18.0 Å². The van der Waals surface area contributed by atoms with Crippen LogP contribution in [0.2, 0.25) is 0 Å². The van der Waals surface area contributed by atoms with Crippen LogP contribution in [-0.2, 0) is 11.8 Å². The zero-order valence-corrected chi connectivity index (χ0v) is 18.3. The van der Waals surface area contributed by atoms with E-state index in [1.807, 2.05) is 0 Å². The summed E-state index contributed by atoms with van der Waals surface area (Å²) >= 11 is 0. The van der Waals surface area contributed by atoms with Gasteiger partial charge >= 0.3 is 0 Å². The molecular weight excluding hydrogens is 453 g/mol. The third kappa shape index (κ3) is 4.47. The second kappa shape index (κ2) is 9.57. The molecule has 0 amide bonds. The van der Waals surface area contributed by atoms with Crippen molar-refractivity contribution in [1.82, 2.24) is 30.2 Å². The second-order valence-electron chi connectivity index (χ2n) is 7.40. The van der Waals surface area contributed by atoms with E-state index in [1.165, 1.54) is 28.1 Å².